The van der Waals surface area contributed by atoms with Crippen LogP contribution in [0, 0.1) is 0 Å². The highest BCUT2D eigenvalue weighted by atomic mass is 16.5. The van der Waals surface area contributed by atoms with E-state index < -0.39 is 0 Å². The highest BCUT2D eigenvalue weighted by molar-refractivity contribution is 5.03. The molecule has 2 rings (SSSR count). The topological polar surface area (TPSA) is 42.3 Å². The average Bonchev–Trinajstić information content (AvgIpc) is 2.65. The van der Waals surface area contributed by atoms with E-state index in [1.165, 1.54) is 5.56 Å². The Hall–Kier alpha value is -0.910. The van der Waals surface area contributed by atoms with Crippen LogP contribution in [0.3, 0.4) is 0 Å². The lowest BCUT2D eigenvalue weighted by atomic mass is 10.2. The van der Waals surface area contributed by atoms with Crippen LogP contribution in [0.4, 0.5) is 0 Å². The van der Waals surface area contributed by atoms with Gasteiger partial charge in [-0.05, 0) is 7.05 Å². The van der Waals surface area contributed by atoms with Crippen molar-refractivity contribution in [3.05, 3.63) is 18.0 Å². The smallest absolute Gasteiger partial charge is 0.0826 e. The van der Waals surface area contributed by atoms with Gasteiger partial charge < -0.3 is 10.1 Å². The zero-order chi connectivity index (χ0) is 11.4. The lowest BCUT2D eigenvalue weighted by Gasteiger charge is -2.32. The van der Waals surface area contributed by atoms with Gasteiger partial charge in [-0.1, -0.05) is 0 Å². The van der Waals surface area contributed by atoms with Crippen molar-refractivity contribution < 1.29 is 4.74 Å². The van der Waals surface area contributed by atoms with Crippen molar-refractivity contribution in [1.82, 2.24) is 20.0 Å². The molecular formula is C11H20N4O. The van der Waals surface area contributed by atoms with Gasteiger partial charge in [-0.3, -0.25) is 9.58 Å². The third-order valence-electron chi connectivity index (χ3n) is 2.82. The summed E-state index contributed by atoms with van der Waals surface area (Å²) in [5, 5.41) is 7.34. The van der Waals surface area contributed by atoms with Crippen molar-refractivity contribution in [2.45, 2.75) is 12.6 Å². The predicted octanol–water partition coefficient (Wildman–Crippen LogP) is -0.160. The first kappa shape index (κ1) is 11.6. The summed E-state index contributed by atoms with van der Waals surface area (Å²) in [6.07, 6.45) is 4.32. The van der Waals surface area contributed by atoms with Crippen molar-refractivity contribution in [2.75, 3.05) is 33.3 Å². The van der Waals surface area contributed by atoms with Crippen molar-refractivity contribution in [1.29, 1.82) is 0 Å². The van der Waals surface area contributed by atoms with Crippen molar-refractivity contribution in [3.63, 3.8) is 0 Å². The van der Waals surface area contributed by atoms with E-state index in [2.05, 4.69) is 21.5 Å². The van der Waals surface area contributed by atoms with E-state index >= 15 is 0 Å². The minimum absolute atomic E-state index is 0.315. The third-order valence-corrected chi connectivity index (χ3v) is 2.82. The molecule has 1 aliphatic rings. The number of likely N-dealkylation sites (N-methyl/N-ethyl adjacent to an activating group) is 1. The normalized spacial score (nSPS) is 22.5. The van der Waals surface area contributed by atoms with Gasteiger partial charge in [-0.25, -0.2) is 0 Å². The number of rotatable bonds is 4. The molecule has 1 aromatic heterocycles. The molecule has 1 unspecified atom stereocenters. The van der Waals surface area contributed by atoms with Gasteiger partial charge in [0.1, 0.15) is 0 Å². The second kappa shape index (κ2) is 5.43. The van der Waals surface area contributed by atoms with Crippen molar-refractivity contribution in [2.24, 2.45) is 7.05 Å². The number of aryl methyl sites for hydroxylation is 1. The van der Waals surface area contributed by atoms with Crippen LogP contribution in [-0.4, -0.2) is 54.1 Å². The molecule has 16 heavy (non-hydrogen) atoms. The van der Waals surface area contributed by atoms with E-state index in [0.29, 0.717) is 6.10 Å². The summed E-state index contributed by atoms with van der Waals surface area (Å²) >= 11 is 0. The molecule has 1 atom stereocenters. The first-order valence-corrected chi connectivity index (χ1v) is 5.74. The lowest BCUT2D eigenvalue weighted by Crippen LogP contribution is -2.45. The maximum atomic E-state index is 5.67. The number of hydrogen-bond acceptors (Lipinski definition) is 4. The van der Waals surface area contributed by atoms with Crippen LogP contribution in [0.1, 0.15) is 5.56 Å². The average molecular weight is 224 g/mol. The van der Waals surface area contributed by atoms with Crippen LogP contribution in [-0.2, 0) is 18.3 Å². The molecule has 1 saturated heterocycles. The zero-order valence-corrected chi connectivity index (χ0v) is 10.0. The Labute approximate surface area is 96.4 Å². The Morgan fingerprint density at radius 2 is 2.50 bits per heavy atom. The van der Waals surface area contributed by atoms with E-state index in [0.717, 1.165) is 32.8 Å². The molecule has 1 aromatic rings. The van der Waals surface area contributed by atoms with Crippen LogP contribution >= 0.6 is 0 Å². The van der Waals surface area contributed by atoms with Crippen molar-refractivity contribution in [3.8, 4) is 0 Å². The maximum absolute atomic E-state index is 5.67. The monoisotopic (exact) mass is 224 g/mol. The fourth-order valence-corrected chi connectivity index (χ4v) is 2.09. The number of morpholine rings is 1. The molecule has 0 amide bonds. The molecule has 1 N–H and O–H groups in total. The highest BCUT2D eigenvalue weighted by Crippen LogP contribution is 2.09. The van der Waals surface area contributed by atoms with E-state index in [9.17, 15) is 0 Å². The van der Waals surface area contributed by atoms with E-state index in [1.54, 1.807) is 0 Å². The summed E-state index contributed by atoms with van der Waals surface area (Å²) in [6, 6.07) is 0. The molecule has 0 bridgehead atoms. The minimum atomic E-state index is 0.315. The van der Waals surface area contributed by atoms with Gasteiger partial charge >= 0.3 is 0 Å². The quantitative estimate of drug-likeness (QED) is 0.772. The number of nitrogens with one attached hydrogen (secondary N) is 1. The SMILES string of the molecule is CNCC1CN(Cc2cnn(C)c2)CCO1. The lowest BCUT2D eigenvalue weighted by molar-refractivity contribution is -0.0291. The first-order valence-electron chi connectivity index (χ1n) is 5.74. The summed E-state index contributed by atoms with van der Waals surface area (Å²) < 4.78 is 7.51. The molecule has 0 radical (unpaired) electrons. The van der Waals surface area contributed by atoms with Crippen LogP contribution < -0.4 is 5.32 Å². The fourth-order valence-electron chi connectivity index (χ4n) is 2.09. The first-order chi connectivity index (χ1) is 7.78. The van der Waals surface area contributed by atoms with Crippen LogP contribution in [0.25, 0.3) is 0 Å². The Morgan fingerprint density at radius 1 is 1.62 bits per heavy atom. The van der Waals surface area contributed by atoms with Crippen LogP contribution in [0.5, 0.6) is 0 Å². The molecule has 0 aromatic carbocycles. The standard InChI is InChI=1S/C11H20N4O/c1-12-6-11-9-15(3-4-16-11)8-10-5-13-14(2)7-10/h5,7,11-12H,3-4,6,8-9H2,1-2H3. The summed E-state index contributed by atoms with van der Waals surface area (Å²) in [4.78, 5) is 2.42. The number of nitrogens with zero attached hydrogens (tertiary/aromatic N) is 3. The van der Waals surface area contributed by atoms with Gasteiger partial charge in [-0.15, -0.1) is 0 Å². The number of ether oxygens (including phenoxy) is 1. The van der Waals surface area contributed by atoms with Crippen molar-refractivity contribution >= 4 is 0 Å². The van der Waals surface area contributed by atoms with E-state index in [4.69, 9.17) is 4.74 Å². The van der Waals surface area contributed by atoms with Gasteiger partial charge in [0.25, 0.3) is 0 Å². The summed E-state index contributed by atoms with van der Waals surface area (Å²) in [6.45, 7) is 4.72. The van der Waals surface area contributed by atoms with Crippen LogP contribution in [0.15, 0.2) is 12.4 Å². The van der Waals surface area contributed by atoms with Gasteiger partial charge in [0.15, 0.2) is 0 Å². The molecule has 0 saturated carbocycles. The molecule has 0 aliphatic carbocycles. The second-order valence-electron chi connectivity index (χ2n) is 4.31. The summed E-state index contributed by atoms with van der Waals surface area (Å²) in [5.41, 5.74) is 1.27. The Morgan fingerprint density at radius 3 is 3.19 bits per heavy atom. The maximum Gasteiger partial charge on any atom is 0.0826 e. The van der Waals surface area contributed by atoms with Gasteiger partial charge in [0.05, 0.1) is 18.9 Å². The van der Waals surface area contributed by atoms with Crippen LogP contribution in [0.2, 0.25) is 0 Å². The number of hydrogen-bond donors (Lipinski definition) is 1. The fraction of sp³-hybridized carbons (Fsp3) is 0.727. The Balaban J connectivity index is 1.85. The third kappa shape index (κ3) is 3.04. The second-order valence-corrected chi connectivity index (χ2v) is 4.31. The minimum Gasteiger partial charge on any atom is -0.374 e. The van der Waals surface area contributed by atoms with E-state index in [-0.39, 0.29) is 0 Å². The molecule has 5 heteroatoms. The molecule has 0 spiro atoms. The van der Waals surface area contributed by atoms with Gasteiger partial charge in [-0.2, -0.15) is 5.10 Å². The highest BCUT2D eigenvalue weighted by Gasteiger charge is 2.19. The summed E-state index contributed by atoms with van der Waals surface area (Å²) in [5.74, 6) is 0. The predicted molar refractivity (Wildman–Crippen MR) is 62.2 cm³/mol. The molecule has 90 valence electrons. The largest absolute Gasteiger partial charge is 0.374 e. The molecule has 5 nitrogen and oxygen atoms in total. The van der Waals surface area contributed by atoms with Gasteiger partial charge in [0, 0.05) is 45.0 Å². The molecule has 1 aliphatic heterocycles. The Kier molecular flexibility index (Phi) is 3.93. The number of aromatic nitrogens is 2. The van der Waals surface area contributed by atoms with E-state index in [1.807, 2.05) is 25.0 Å². The van der Waals surface area contributed by atoms with Gasteiger partial charge in [0.2, 0.25) is 0 Å². The summed E-state index contributed by atoms with van der Waals surface area (Å²) in [7, 11) is 3.91. The Bertz CT molecular complexity index is 324. The molecule has 1 fully saturated rings. The molecule has 2 heterocycles. The zero-order valence-electron chi connectivity index (χ0n) is 10.0. The molecular weight excluding hydrogens is 204 g/mol.